The van der Waals surface area contributed by atoms with Crippen LogP contribution in [0.1, 0.15) is 40.7 Å². The average Bonchev–Trinajstić information content (AvgIpc) is 3.17. The molecular weight excluding hydrogens is 420 g/mol. The number of nitrogens with zero attached hydrogens (tertiary/aromatic N) is 1. The molecule has 1 atom stereocenters. The Balaban J connectivity index is 1.47. The highest BCUT2D eigenvalue weighted by Gasteiger charge is 2.30. The average molecular weight is 444 g/mol. The summed E-state index contributed by atoms with van der Waals surface area (Å²) in [5, 5.41) is 21.6. The summed E-state index contributed by atoms with van der Waals surface area (Å²) in [6.45, 7) is 2.65. The Morgan fingerprint density at radius 3 is 2.79 bits per heavy atom. The number of phenolic OH excluding ortho intramolecular Hbond substituents is 1. The molecule has 2 aromatic heterocycles. The highest BCUT2D eigenvalue weighted by molar-refractivity contribution is 5.86. The van der Waals surface area contributed by atoms with Gasteiger partial charge in [0.15, 0.2) is 5.76 Å². The fourth-order valence-corrected chi connectivity index (χ4v) is 4.67. The molecule has 3 heterocycles. The predicted molar refractivity (Wildman–Crippen MR) is 123 cm³/mol. The van der Waals surface area contributed by atoms with Crippen LogP contribution in [-0.4, -0.2) is 32.5 Å². The third kappa shape index (κ3) is 3.86. The SMILES string of the molecule is Cc1cc(=O)c(O)c([C@@H](CC(=O)N2CCc3c([nH]c4ccccc34)C2)c2cccc(O)c2)o1. The van der Waals surface area contributed by atoms with E-state index in [9.17, 15) is 19.8 Å². The van der Waals surface area contributed by atoms with E-state index in [1.165, 1.54) is 29.1 Å². The molecule has 0 saturated carbocycles. The highest BCUT2D eigenvalue weighted by atomic mass is 16.4. The first-order valence-electron chi connectivity index (χ1n) is 10.9. The van der Waals surface area contributed by atoms with Crippen LogP contribution in [0.5, 0.6) is 11.5 Å². The fraction of sp³-hybridized carbons (Fsp3) is 0.231. The van der Waals surface area contributed by atoms with Gasteiger partial charge in [-0.3, -0.25) is 9.59 Å². The number of hydrogen-bond donors (Lipinski definition) is 3. The third-order valence-electron chi connectivity index (χ3n) is 6.28. The van der Waals surface area contributed by atoms with E-state index in [4.69, 9.17) is 4.42 Å². The van der Waals surface area contributed by atoms with E-state index in [2.05, 4.69) is 11.1 Å². The quantitative estimate of drug-likeness (QED) is 0.442. The minimum Gasteiger partial charge on any atom is -0.508 e. The van der Waals surface area contributed by atoms with Gasteiger partial charge in [-0.2, -0.15) is 0 Å². The van der Waals surface area contributed by atoms with Gasteiger partial charge in [-0.15, -0.1) is 0 Å². The molecule has 5 rings (SSSR count). The van der Waals surface area contributed by atoms with E-state index in [1.807, 2.05) is 18.2 Å². The lowest BCUT2D eigenvalue weighted by atomic mass is 9.91. The maximum absolute atomic E-state index is 13.4. The predicted octanol–water partition coefficient (Wildman–Crippen LogP) is 3.95. The van der Waals surface area contributed by atoms with Crippen LogP contribution >= 0.6 is 0 Å². The molecule has 3 N–H and O–H groups in total. The summed E-state index contributed by atoms with van der Waals surface area (Å²) >= 11 is 0. The van der Waals surface area contributed by atoms with Crippen LogP contribution in [-0.2, 0) is 17.8 Å². The molecule has 0 fully saturated rings. The molecule has 7 nitrogen and oxygen atoms in total. The Hall–Kier alpha value is -4.00. The second kappa shape index (κ2) is 8.16. The van der Waals surface area contributed by atoms with Crippen molar-refractivity contribution in [1.82, 2.24) is 9.88 Å². The molecule has 168 valence electrons. The van der Waals surface area contributed by atoms with Crippen LogP contribution < -0.4 is 5.43 Å². The maximum Gasteiger partial charge on any atom is 0.227 e. The van der Waals surface area contributed by atoms with Crippen molar-refractivity contribution in [2.75, 3.05) is 6.54 Å². The summed E-state index contributed by atoms with van der Waals surface area (Å²) in [7, 11) is 0. The van der Waals surface area contributed by atoms with Gasteiger partial charge >= 0.3 is 0 Å². The monoisotopic (exact) mass is 444 g/mol. The van der Waals surface area contributed by atoms with Crippen molar-refractivity contribution in [3.8, 4) is 11.5 Å². The molecule has 33 heavy (non-hydrogen) atoms. The zero-order valence-corrected chi connectivity index (χ0v) is 18.2. The number of hydrogen-bond acceptors (Lipinski definition) is 5. The van der Waals surface area contributed by atoms with E-state index in [0.717, 1.165) is 17.6 Å². The topological polar surface area (TPSA) is 107 Å². The number of phenols is 1. The summed E-state index contributed by atoms with van der Waals surface area (Å²) in [6, 6.07) is 15.8. The van der Waals surface area contributed by atoms with Gasteiger partial charge in [0.05, 0.1) is 12.5 Å². The van der Waals surface area contributed by atoms with Crippen molar-refractivity contribution in [2.24, 2.45) is 0 Å². The standard InChI is InChI=1S/C26H24N2O5/c1-15-11-23(30)25(32)26(33-15)20(16-5-4-6-17(29)12-16)13-24(31)28-10-9-19-18-7-2-3-8-21(18)27-22(19)14-28/h2-8,11-12,20,27,29,32H,9-10,13-14H2,1H3/t20-/m0/s1. The molecule has 0 bridgehead atoms. The number of nitrogens with one attached hydrogen (secondary N) is 1. The zero-order valence-electron chi connectivity index (χ0n) is 18.2. The summed E-state index contributed by atoms with van der Waals surface area (Å²) in [6.07, 6.45) is 0.728. The fourth-order valence-electron chi connectivity index (χ4n) is 4.67. The summed E-state index contributed by atoms with van der Waals surface area (Å²) in [5.41, 5.74) is 3.33. The maximum atomic E-state index is 13.4. The number of carbonyl (C=O) groups is 1. The summed E-state index contributed by atoms with van der Waals surface area (Å²) in [5.74, 6) is -0.968. The van der Waals surface area contributed by atoms with Crippen molar-refractivity contribution < 1.29 is 19.4 Å². The van der Waals surface area contributed by atoms with Gasteiger partial charge in [0.2, 0.25) is 17.1 Å². The number of para-hydroxylation sites is 1. The van der Waals surface area contributed by atoms with E-state index in [1.54, 1.807) is 24.0 Å². The van der Waals surface area contributed by atoms with Crippen molar-refractivity contribution in [1.29, 1.82) is 0 Å². The normalized spacial score (nSPS) is 14.3. The number of aromatic amines is 1. The highest BCUT2D eigenvalue weighted by Crippen LogP contribution is 2.35. The lowest BCUT2D eigenvalue weighted by Gasteiger charge is -2.29. The van der Waals surface area contributed by atoms with Crippen molar-refractivity contribution in [3.05, 3.63) is 93.2 Å². The Morgan fingerprint density at radius 1 is 1.15 bits per heavy atom. The van der Waals surface area contributed by atoms with Crippen LogP contribution in [0.4, 0.5) is 0 Å². The minimum atomic E-state index is -0.721. The smallest absolute Gasteiger partial charge is 0.227 e. The van der Waals surface area contributed by atoms with Crippen LogP contribution in [0.15, 0.2) is 63.8 Å². The molecule has 1 aliphatic rings. The van der Waals surface area contributed by atoms with Gasteiger partial charge in [-0.1, -0.05) is 30.3 Å². The molecule has 0 spiro atoms. The van der Waals surface area contributed by atoms with Crippen LogP contribution in [0.3, 0.4) is 0 Å². The number of aromatic hydroxyl groups is 2. The lowest BCUT2D eigenvalue weighted by Crippen LogP contribution is -2.36. The first-order chi connectivity index (χ1) is 15.9. The lowest BCUT2D eigenvalue weighted by molar-refractivity contribution is -0.132. The van der Waals surface area contributed by atoms with E-state index >= 15 is 0 Å². The van der Waals surface area contributed by atoms with Crippen molar-refractivity contribution in [2.45, 2.75) is 32.2 Å². The summed E-state index contributed by atoms with van der Waals surface area (Å²) < 4.78 is 5.72. The Morgan fingerprint density at radius 2 is 1.97 bits per heavy atom. The molecule has 1 aliphatic heterocycles. The van der Waals surface area contributed by atoms with E-state index < -0.39 is 17.1 Å². The number of amides is 1. The first-order valence-corrected chi connectivity index (χ1v) is 10.9. The largest absolute Gasteiger partial charge is 0.508 e. The molecule has 4 aromatic rings. The van der Waals surface area contributed by atoms with E-state index in [-0.39, 0.29) is 23.8 Å². The number of carbonyl (C=O) groups excluding carboxylic acids is 1. The Kier molecular flexibility index (Phi) is 5.17. The third-order valence-corrected chi connectivity index (χ3v) is 6.28. The van der Waals surface area contributed by atoms with Gasteiger partial charge in [0.1, 0.15) is 11.5 Å². The number of aromatic nitrogens is 1. The van der Waals surface area contributed by atoms with E-state index in [0.29, 0.717) is 24.4 Å². The molecule has 1 amide bonds. The molecule has 0 saturated heterocycles. The molecule has 0 radical (unpaired) electrons. The molecular formula is C26H24N2O5. The zero-order chi connectivity index (χ0) is 23.1. The molecule has 0 aliphatic carbocycles. The first kappa shape index (κ1) is 20.9. The second-order valence-electron chi connectivity index (χ2n) is 8.48. The van der Waals surface area contributed by atoms with Gasteiger partial charge in [-0.25, -0.2) is 0 Å². The van der Waals surface area contributed by atoms with Crippen LogP contribution in [0.2, 0.25) is 0 Å². The Bertz CT molecular complexity index is 1420. The van der Waals surface area contributed by atoms with Gasteiger partial charge in [-0.05, 0) is 42.7 Å². The number of fused-ring (bicyclic) bond motifs is 3. The van der Waals surface area contributed by atoms with Crippen LogP contribution in [0, 0.1) is 6.92 Å². The number of rotatable bonds is 4. The van der Waals surface area contributed by atoms with Crippen molar-refractivity contribution in [3.63, 3.8) is 0 Å². The van der Waals surface area contributed by atoms with Crippen LogP contribution in [0.25, 0.3) is 10.9 Å². The van der Waals surface area contributed by atoms with Gasteiger partial charge in [0.25, 0.3) is 0 Å². The number of benzene rings is 2. The molecule has 7 heteroatoms. The minimum absolute atomic E-state index is 0.0149. The molecule has 0 unspecified atom stereocenters. The second-order valence-corrected chi connectivity index (χ2v) is 8.48. The van der Waals surface area contributed by atoms with Crippen molar-refractivity contribution >= 4 is 16.8 Å². The molecule has 2 aromatic carbocycles. The number of H-pyrrole nitrogens is 1. The van der Waals surface area contributed by atoms with Gasteiger partial charge in [0, 0.05) is 35.6 Å². The number of aryl methyl sites for hydroxylation is 1. The summed E-state index contributed by atoms with van der Waals surface area (Å²) in [4.78, 5) is 30.8. The Labute approximate surface area is 189 Å². The van der Waals surface area contributed by atoms with Gasteiger partial charge < -0.3 is 24.5 Å².